The third-order valence-corrected chi connectivity index (χ3v) is 4.43. The zero-order valence-electron chi connectivity index (χ0n) is 16.6. The summed E-state index contributed by atoms with van der Waals surface area (Å²) in [6.45, 7) is 18.8. The van der Waals surface area contributed by atoms with Crippen LogP contribution in [0.1, 0.15) is 80.1 Å². The van der Waals surface area contributed by atoms with Crippen LogP contribution in [0.4, 0.5) is 0 Å². The molecule has 0 saturated carbocycles. The summed E-state index contributed by atoms with van der Waals surface area (Å²) in [4.78, 5) is 16.3. The van der Waals surface area contributed by atoms with Crippen LogP contribution >= 0.6 is 0 Å². The molecular weight excluding hydrogens is 284 g/mol. The van der Waals surface area contributed by atoms with Crippen molar-refractivity contribution in [3.8, 4) is 0 Å². The van der Waals surface area contributed by atoms with E-state index in [1.165, 1.54) is 58.2 Å². The van der Waals surface area contributed by atoms with Gasteiger partial charge in [0.05, 0.1) is 0 Å². The Labute approximate surface area is 144 Å². The van der Waals surface area contributed by atoms with Crippen LogP contribution in [-0.4, -0.2) is 48.4 Å². The second-order valence-corrected chi connectivity index (χ2v) is 9.50. The van der Waals surface area contributed by atoms with Gasteiger partial charge < -0.3 is 9.80 Å². The van der Waals surface area contributed by atoms with Crippen molar-refractivity contribution < 1.29 is 4.79 Å². The molecule has 0 N–H and O–H groups in total. The summed E-state index contributed by atoms with van der Waals surface area (Å²) in [6.07, 6.45) is 7.92. The first-order valence-corrected chi connectivity index (χ1v) is 9.61. The number of rotatable bonds is 1. The largest absolute Gasteiger partial charge is 0.342 e. The van der Waals surface area contributed by atoms with Crippen LogP contribution in [0, 0.1) is 10.8 Å². The van der Waals surface area contributed by atoms with Crippen molar-refractivity contribution >= 4 is 5.91 Å². The van der Waals surface area contributed by atoms with Gasteiger partial charge in [0.15, 0.2) is 0 Å². The van der Waals surface area contributed by atoms with E-state index in [-0.39, 0.29) is 5.41 Å². The van der Waals surface area contributed by atoms with Crippen molar-refractivity contribution in [3.63, 3.8) is 0 Å². The van der Waals surface area contributed by atoms with E-state index in [0.717, 1.165) is 13.1 Å². The van der Waals surface area contributed by atoms with Gasteiger partial charge in [-0.15, -0.1) is 0 Å². The summed E-state index contributed by atoms with van der Waals surface area (Å²) in [5, 5.41) is 0. The van der Waals surface area contributed by atoms with Gasteiger partial charge in [-0.3, -0.25) is 4.79 Å². The van der Waals surface area contributed by atoms with Crippen LogP contribution in [0.15, 0.2) is 0 Å². The molecule has 0 atom stereocenters. The summed E-state index contributed by atoms with van der Waals surface area (Å²) in [6, 6.07) is 0. The Bertz CT molecular complexity index is 340. The monoisotopic (exact) mass is 324 g/mol. The summed E-state index contributed by atoms with van der Waals surface area (Å²) in [5.74, 6) is 0.308. The fraction of sp³-hybridized carbons (Fsp3) is 0.950. The molecule has 0 aromatic rings. The molecule has 2 aliphatic heterocycles. The zero-order chi connectivity index (χ0) is 17.5. The van der Waals surface area contributed by atoms with Gasteiger partial charge in [-0.1, -0.05) is 48.0 Å². The normalized spacial score (nSPS) is 20.7. The summed E-state index contributed by atoms with van der Waals surface area (Å²) < 4.78 is 0. The molecule has 2 saturated heterocycles. The molecule has 1 amide bonds. The second kappa shape index (κ2) is 9.05. The number of amides is 1. The third-order valence-electron chi connectivity index (χ3n) is 4.43. The van der Waals surface area contributed by atoms with E-state index in [0.29, 0.717) is 11.3 Å². The molecular formula is C20H40N2O. The first-order chi connectivity index (χ1) is 10.6. The highest BCUT2D eigenvalue weighted by Gasteiger charge is 2.27. The van der Waals surface area contributed by atoms with E-state index in [2.05, 4.69) is 25.7 Å². The predicted molar refractivity (Wildman–Crippen MR) is 99.6 cm³/mol. The Hall–Kier alpha value is -0.570. The first-order valence-electron chi connectivity index (χ1n) is 9.61. The number of carbonyl (C=O) groups is 1. The van der Waals surface area contributed by atoms with E-state index in [1.54, 1.807) is 0 Å². The van der Waals surface area contributed by atoms with Gasteiger partial charge in [-0.25, -0.2) is 0 Å². The molecule has 0 spiro atoms. The van der Waals surface area contributed by atoms with Gasteiger partial charge in [-0.2, -0.15) is 0 Å². The number of nitrogens with zero attached hydrogens (tertiary/aromatic N) is 2. The minimum absolute atomic E-state index is 0.197. The molecule has 2 heterocycles. The highest BCUT2D eigenvalue weighted by Crippen LogP contribution is 2.20. The van der Waals surface area contributed by atoms with Gasteiger partial charge in [0.1, 0.15) is 0 Å². The third kappa shape index (κ3) is 8.74. The summed E-state index contributed by atoms with van der Waals surface area (Å²) in [5.41, 5.74) is 0.286. The molecule has 0 unspecified atom stereocenters. The second-order valence-electron chi connectivity index (χ2n) is 9.50. The quantitative estimate of drug-likeness (QED) is 0.706. The Morgan fingerprint density at radius 3 is 1.57 bits per heavy atom. The average Bonchev–Trinajstić information content (AvgIpc) is 2.46. The molecule has 23 heavy (non-hydrogen) atoms. The SMILES string of the molecule is CC(C)(C)C(=O)N1CCCCC1.CC(C)(C)CN1CCCCC1. The van der Waals surface area contributed by atoms with E-state index in [9.17, 15) is 4.79 Å². The fourth-order valence-corrected chi connectivity index (χ4v) is 3.36. The lowest BCUT2D eigenvalue weighted by Crippen LogP contribution is -2.42. The Kier molecular flexibility index (Phi) is 8.06. The number of hydrogen-bond donors (Lipinski definition) is 0. The van der Waals surface area contributed by atoms with E-state index in [4.69, 9.17) is 0 Å². The molecule has 0 radical (unpaired) electrons. The van der Waals surface area contributed by atoms with Crippen LogP contribution < -0.4 is 0 Å². The van der Waals surface area contributed by atoms with Gasteiger partial charge in [0, 0.05) is 25.0 Å². The lowest BCUT2D eigenvalue weighted by Gasteiger charge is -2.32. The number of hydrogen-bond acceptors (Lipinski definition) is 2. The lowest BCUT2D eigenvalue weighted by atomic mass is 9.93. The van der Waals surface area contributed by atoms with Gasteiger partial charge in [0.2, 0.25) is 5.91 Å². The van der Waals surface area contributed by atoms with E-state index in [1.807, 2.05) is 25.7 Å². The van der Waals surface area contributed by atoms with Crippen molar-refractivity contribution in [1.29, 1.82) is 0 Å². The lowest BCUT2D eigenvalue weighted by molar-refractivity contribution is -0.140. The Balaban J connectivity index is 0.000000231. The smallest absolute Gasteiger partial charge is 0.227 e. The molecule has 3 nitrogen and oxygen atoms in total. The van der Waals surface area contributed by atoms with Crippen LogP contribution in [0.2, 0.25) is 0 Å². The molecule has 0 bridgehead atoms. The fourth-order valence-electron chi connectivity index (χ4n) is 3.36. The molecule has 2 aliphatic rings. The topological polar surface area (TPSA) is 23.6 Å². The standard InChI is InChI=1S/C10H19NO.C10H21N/c1-10(2,3)9(12)11-7-5-4-6-8-11;1-10(2,3)9-11-7-5-4-6-8-11/h4-8H2,1-3H3;4-9H2,1-3H3. The van der Waals surface area contributed by atoms with Crippen LogP contribution in [0.3, 0.4) is 0 Å². The zero-order valence-corrected chi connectivity index (χ0v) is 16.6. The molecule has 2 fully saturated rings. The maximum Gasteiger partial charge on any atom is 0.227 e. The maximum absolute atomic E-state index is 11.7. The highest BCUT2D eigenvalue weighted by atomic mass is 16.2. The summed E-state index contributed by atoms with van der Waals surface area (Å²) in [7, 11) is 0. The van der Waals surface area contributed by atoms with Gasteiger partial charge in [-0.05, 0) is 50.6 Å². The minimum atomic E-state index is -0.197. The molecule has 136 valence electrons. The molecule has 3 heteroatoms. The molecule has 2 rings (SSSR count). The Morgan fingerprint density at radius 2 is 1.17 bits per heavy atom. The van der Waals surface area contributed by atoms with Crippen molar-refractivity contribution in [2.45, 2.75) is 80.1 Å². The van der Waals surface area contributed by atoms with Gasteiger partial charge in [0.25, 0.3) is 0 Å². The highest BCUT2D eigenvalue weighted by molar-refractivity contribution is 5.81. The Morgan fingerprint density at radius 1 is 0.739 bits per heavy atom. The minimum Gasteiger partial charge on any atom is -0.342 e. The van der Waals surface area contributed by atoms with Crippen LogP contribution in [-0.2, 0) is 4.79 Å². The molecule has 0 aromatic carbocycles. The maximum atomic E-state index is 11.7. The summed E-state index contributed by atoms with van der Waals surface area (Å²) >= 11 is 0. The molecule has 0 aliphatic carbocycles. The predicted octanol–water partition coefficient (Wildman–Crippen LogP) is 4.56. The van der Waals surface area contributed by atoms with Crippen molar-refractivity contribution in [2.75, 3.05) is 32.7 Å². The van der Waals surface area contributed by atoms with Crippen LogP contribution in [0.25, 0.3) is 0 Å². The number of likely N-dealkylation sites (tertiary alicyclic amines) is 2. The number of carbonyl (C=O) groups excluding carboxylic acids is 1. The van der Waals surface area contributed by atoms with Crippen molar-refractivity contribution in [2.24, 2.45) is 10.8 Å². The molecule has 0 aromatic heterocycles. The first kappa shape index (κ1) is 20.5. The number of piperidine rings is 2. The van der Waals surface area contributed by atoms with Crippen LogP contribution in [0.5, 0.6) is 0 Å². The van der Waals surface area contributed by atoms with Crippen molar-refractivity contribution in [3.05, 3.63) is 0 Å². The van der Waals surface area contributed by atoms with Crippen molar-refractivity contribution in [1.82, 2.24) is 9.80 Å². The van der Waals surface area contributed by atoms with E-state index >= 15 is 0 Å². The average molecular weight is 325 g/mol. The van der Waals surface area contributed by atoms with Gasteiger partial charge >= 0.3 is 0 Å². The van der Waals surface area contributed by atoms with E-state index < -0.39 is 0 Å².